The Bertz CT molecular complexity index is 870. The summed E-state index contributed by atoms with van der Waals surface area (Å²) in [4.78, 5) is 11.3. The van der Waals surface area contributed by atoms with E-state index in [1.54, 1.807) is 31.4 Å². The van der Waals surface area contributed by atoms with Gasteiger partial charge in [0.05, 0.1) is 13.5 Å². The van der Waals surface area contributed by atoms with Crippen LogP contribution in [0.15, 0.2) is 42.5 Å². The number of rotatable bonds is 6. The lowest BCUT2D eigenvalue weighted by Gasteiger charge is -2.18. The summed E-state index contributed by atoms with van der Waals surface area (Å²) in [6.07, 6.45) is -1.85. The third kappa shape index (κ3) is 5.72. The number of halogens is 1. The average molecular weight is 390 g/mol. The zero-order valence-electron chi connectivity index (χ0n) is 14.9. The Morgan fingerprint density at radius 2 is 1.96 bits per heavy atom. The van der Waals surface area contributed by atoms with Gasteiger partial charge in [0.2, 0.25) is 0 Å². The summed E-state index contributed by atoms with van der Waals surface area (Å²) in [6.45, 7) is 1.41. The van der Waals surface area contributed by atoms with E-state index >= 15 is 0 Å². The van der Waals surface area contributed by atoms with E-state index in [-0.39, 0.29) is 18.2 Å². The van der Waals surface area contributed by atoms with E-state index in [0.717, 1.165) is 11.1 Å². The molecule has 0 bridgehead atoms. The van der Waals surface area contributed by atoms with Crippen LogP contribution in [0.3, 0.4) is 0 Å². The molecule has 1 atom stereocenters. The largest absolute Gasteiger partial charge is 0.496 e. The lowest BCUT2D eigenvalue weighted by molar-refractivity contribution is 0.108. The van der Waals surface area contributed by atoms with Crippen LogP contribution in [0.5, 0.6) is 5.75 Å². The van der Waals surface area contributed by atoms with Crippen molar-refractivity contribution in [2.24, 2.45) is 5.73 Å². The van der Waals surface area contributed by atoms with Gasteiger partial charge in [0.15, 0.2) is 11.8 Å². The fourth-order valence-corrected chi connectivity index (χ4v) is 2.73. The van der Waals surface area contributed by atoms with E-state index in [0.29, 0.717) is 16.3 Å². The highest BCUT2D eigenvalue weighted by Gasteiger charge is 2.20. The first-order chi connectivity index (χ1) is 12.8. The molecule has 4 N–H and O–H groups in total. The molecule has 2 aromatic rings. The summed E-state index contributed by atoms with van der Waals surface area (Å²) in [5.74, 6) is 0.267. The number of benzene rings is 2. The number of nitrogens with one attached hydrogen (secondary N) is 2. The second kappa shape index (κ2) is 9.05. The first-order valence-corrected chi connectivity index (χ1v) is 8.38. The zero-order chi connectivity index (χ0) is 20.0. The molecule has 0 saturated carbocycles. The number of methoxy groups -OCH3 is 1. The van der Waals surface area contributed by atoms with Gasteiger partial charge in [0.1, 0.15) is 11.9 Å². The normalized spacial score (nSPS) is 11.4. The fourth-order valence-electron chi connectivity index (χ4n) is 2.57. The molecule has 0 fully saturated rings. The van der Waals surface area contributed by atoms with E-state index in [2.05, 4.69) is 0 Å². The molecular weight excluding hydrogens is 370 g/mol. The van der Waals surface area contributed by atoms with Crippen molar-refractivity contribution in [3.8, 4) is 16.9 Å². The Hall–Kier alpha value is -3.06. The molecule has 0 heterocycles. The van der Waals surface area contributed by atoms with Crippen molar-refractivity contribution >= 4 is 29.5 Å². The van der Waals surface area contributed by atoms with Gasteiger partial charge in [-0.1, -0.05) is 29.8 Å². The number of ether oxygens (including phenoxy) is 3. The van der Waals surface area contributed by atoms with Crippen LogP contribution in [-0.4, -0.2) is 25.0 Å². The van der Waals surface area contributed by atoms with Crippen LogP contribution in [0.1, 0.15) is 25.0 Å². The molecule has 7 nitrogen and oxygen atoms in total. The minimum absolute atomic E-state index is 0.0552. The smallest absolute Gasteiger partial charge is 0.405 e. The molecule has 142 valence electrons. The molecule has 27 heavy (non-hydrogen) atoms. The summed E-state index contributed by atoms with van der Waals surface area (Å²) in [5.41, 5.74) is 7.42. The first kappa shape index (κ1) is 20.3. The Labute approximate surface area is 162 Å². The van der Waals surface area contributed by atoms with Gasteiger partial charge < -0.3 is 19.9 Å². The van der Waals surface area contributed by atoms with Gasteiger partial charge in [-0.05, 0) is 35.4 Å². The highest BCUT2D eigenvalue weighted by molar-refractivity contribution is 6.30. The minimum Gasteiger partial charge on any atom is -0.496 e. The zero-order valence-corrected chi connectivity index (χ0v) is 15.7. The summed E-state index contributed by atoms with van der Waals surface area (Å²) >= 11 is 6.01. The van der Waals surface area contributed by atoms with E-state index in [4.69, 9.17) is 42.4 Å². The maximum absolute atomic E-state index is 11.3. The van der Waals surface area contributed by atoms with Gasteiger partial charge in [-0.15, -0.1) is 0 Å². The summed E-state index contributed by atoms with van der Waals surface area (Å²) in [7, 11) is 1.55. The summed E-state index contributed by atoms with van der Waals surface area (Å²) in [6, 6.07) is 12.5. The number of amides is 1. The van der Waals surface area contributed by atoms with E-state index in [1.165, 1.54) is 6.92 Å². The molecule has 0 spiro atoms. The third-order valence-electron chi connectivity index (χ3n) is 3.64. The number of carbonyl (C=O) groups is 1. The molecule has 8 heteroatoms. The highest BCUT2D eigenvalue weighted by Crippen LogP contribution is 2.34. The second-order valence-electron chi connectivity index (χ2n) is 5.68. The van der Waals surface area contributed by atoms with Crippen molar-refractivity contribution in [2.75, 3.05) is 7.11 Å². The molecule has 0 aliphatic heterocycles. The van der Waals surface area contributed by atoms with Crippen LogP contribution in [0.25, 0.3) is 11.1 Å². The molecule has 0 saturated heterocycles. The van der Waals surface area contributed by atoms with E-state index in [9.17, 15) is 4.79 Å². The molecular formula is C19H20ClN3O4. The van der Waals surface area contributed by atoms with E-state index < -0.39 is 12.2 Å². The number of hydrogen-bond acceptors (Lipinski definition) is 6. The number of hydrogen-bond donors (Lipinski definition) is 3. The first-order valence-electron chi connectivity index (χ1n) is 8.00. The van der Waals surface area contributed by atoms with Gasteiger partial charge in [-0.3, -0.25) is 10.8 Å². The third-order valence-corrected chi connectivity index (χ3v) is 3.87. The van der Waals surface area contributed by atoms with Crippen LogP contribution in [0, 0.1) is 10.8 Å². The fraction of sp³-hybridized carbons (Fsp3) is 0.211. The minimum atomic E-state index is -0.964. The molecule has 0 aliphatic rings. The maximum Gasteiger partial charge on any atom is 0.405 e. The monoisotopic (exact) mass is 389 g/mol. The SMILES string of the molecule is COc1cc(Cl)ccc1-c1cccc(C(CC(=N)OC(C)=N)OC(N)=O)c1. The maximum atomic E-state index is 11.3. The van der Waals surface area contributed by atoms with Gasteiger partial charge in [-0.2, -0.15) is 0 Å². The quantitative estimate of drug-likeness (QED) is 0.496. The van der Waals surface area contributed by atoms with Crippen molar-refractivity contribution in [1.29, 1.82) is 10.8 Å². The van der Waals surface area contributed by atoms with Crippen molar-refractivity contribution < 1.29 is 19.0 Å². The molecule has 2 aromatic carbocycles. The van der Waals surface area contributed by atoms with Crippen molar-refractivity contribution in [2.45, 2.75) is 19.4 Å². The lowest BCUT2D eigenvalue weighted by Crippen LogP contribution is -2.21. The van der Waals surface area contributed by atoms with Crippen LogP contribution in [-0.2, 0) is 9.47 Å². The van der Waals surface area contributed by atoms with Gasteiger partial charge in [0.25, 0.3) is 0 Å². The van der Waals surface area contributed by atoms with Crippen LogP contribution < -0.4 is 10.5 Å². The Balaban J connectivity index is 2.38. The van der Waals surface area contributed by atoms with Crippen LogP contribution in [0.4, 0.5) is 4.79 Å². The molecule has 2 rings (SSSR count). The van der Waals surface area contributed by atoms with Crippen LogP contribution >= 0.6 is 11.6 Å². The van der Waals surface area contributed by atoms with Crippen molar-refractivity contribution in [3.63, 3.8) is 0 Å². The molecule has 0 aromatic heterocycles. The molecule has 0 radical (unpaired) electrons. The van der Waals surface area contributed by atoms with Gasteiger partial charge in [0, 0.05) is 17.5 Å². The standard InChI is InChI=1S/C19H20ClN3O4/c1-11(21)26-18(22)10-16(27-19(23)24)13-5-3-4-12(8-13)15-7-6-14(20)9-17(15)25-2/h3-9,16,21-22H,10H2,1-2H3,(H2,23,24). The predicted molar refractivity (Wildman–Crippen MR) is 104 cm³/mol. The van der Waals surface area contributed by atoms with Crippen LogP contribution in [0.2, 0.25) is 5.02 Å². The predicted octanol–water partition coefficient (Wildman–Crippen LogP) is 4.53. The van der Waals surface area contributed by atoms with Gasteiger partial charge >= 0.3 is 6.09 Å². The van der Waals surface area contributed by atoms with Crippen molar-refractivity contribution in [1.82, 2.24) is 0 Å². The Morgan fingerprint density at radius 3 is 2.59 bits per heavy atom. The van der Waals surface area contributed by atoms with E-state index in [1.807, 2.05) is 18.2 Å². The molecule has 0 aliphatic carbocycles. The number of primary amides is 1. The second-order valence-corrected chi connectivity index (χ2v) is 6.12. The lowest BCUT2D eigenvalue weighted by atomic mass is 9.98. The molecule has 1 unspecified atom stereocenters. The van der Waals surface area contributed by atoms with Crippen molar-refractivity contribution in [3.05, 3.63) is 53.1 Å². The number of nitrogens with two attached hydrogens (primary N) is 1. The summed E-state index contributed by atoms with van der Waals surface area (Å²) < 4.78 is 15.5. The summed E-state index contributed by atoms with van der Waals surface area (Å²) in [5, 5.41) is 15.7. The topological polar surface area (TPSA) is 118 Å². The van der Waals surface area contributed by atoms with Gasteiger partial charge in [-0.25, -0.2) is 4.79 Å². The Morgan fingerprint density at radius 1 is 1.22 bits per heavy atom. The molecule has 1 amide bonds. The average Bonchev–Trinajstić information content (AvgIpc) is 2.60. The Kier molecular flexibility index (Phi) is 6.79. The highest BCUT2D eigenvalue weighted by atomic mass is 35.5. The number of carbonyl (C=O) groups excluding carboxylic acids is 1.